The van der Waals surface area contributed by atoms with Gasteiger partial charge in [0.15, 0.2) is 5.78 Å². The fourth-order valence-corrected chi connectivity index (χ4v) is 2.66. The molecule has 110 valence electrons. The second kappa shape index (κ2) is 7.10. The maximum atomic E-state index is 11.9. The number of rotatable bonds is 7. The number of thiophene rings is 1. The molecule has 0 N–H and O–H groups in total. The third-order valence-corrected chi connectivity index (χ3v) is 4.03. The number of hydrogen-bond donors (Lipinski definition) is 0. The summed E-state index contributed by atoms with van der Waals surface area (Å²) in [6.45, 7) is 1.32. The zero-order valence-corrected chi connectivity index (χ0v) is 12.5. The van der Waals surface area contributed by atoms with Crippen molar-refractivity contribution in [3.8, 4) is 0 Å². The molecule has 1 heterocycles. The molecule has 2 rings (SSSR count). The second-order valence-corrected chi connectivity index (χ2v) is 5.76. The number of ketones is 1. The van der Waals surface area contributed by atoms with Crippen LogP contribution in [0.1, 0.15) is 21.7 Å². The Morgan fingerprint density at radius 3 is 2.57 bits per heavy atom. The van der Waals surface area contributed by atoms with Crippen LogP contribution >= 0.6 is 11.3 Å². The normalized spacial score (nSPS) is 10.8. The van der Waals surface area contributed by atoms with Crippen molar-refractivity contribution in [2.75, 3.05) is 13.6 Å². The molecule has 0 unspecified atom stereocenters. The summed E-state index contributed by atoms with van der Waals surface area (Å²) < 4.78 is 0. The van der Waals surface area contributed by atoms with Gasteiger partial charge in [0.05, 0.1) is 9.80 Å². The van der Waals surface area contributed by atoms with Crippen LogP contribution in [0, 0.1) is 10.1 Å². The van der Waals surface area contributed by atoms with Crippen LogP contribution in [0.4, 0.5) is 5.69 Å². The fourth-order valence-electron chi connectivity index (χ4n) is 1.97. The standard InChI is InChI=1S/C15H16N2O3S/c1-16(9-8-14(18)15-3-2-10-21-15)11-12-4-6-13(7-5-12)17(19)20/h2-7,10H,8-9,11H2,1H3. The van der Waals surface area contributed by atoms with E-state index in [9.17, 15) is 14.9 Å². The Labute approximate surface area is 127 Å². The van der Waals surface area contributed by atoms with E-state index in [1.165, 1.54) is 23.5 Å². The molecule has 0 spiro atoms. The lowest BCUT2D eigenvalue weighted by molar-refractivity contribution is -0.384. The fraction of sp³-hybridized carbons (Fsp3) is 0.267. The largest absolute Gasteiger partial charge is 0.302 e. The first-order valence-electron chi connectivity index (χ1n) is 6.55. The van der Waals surface area contributed by atoms with Gasteiger partial charge in [-0.1, -0.05) is 18.2 Å². The summed E-state index contributed by atoms with van der Waals surface area (Å²) in [4.78, 5) is 24.9. The van der Waals surface area contributed by atoms with E-state index in [1.54, 1.807) is 12.1 Å². The summed E-state index contributed by atoms with van der Waals surface area (Å²) in [7, 11) is 1.93. The van der Waals surface area contributed by atoms with Gasteiger partial charge in [0.2, 0.25) is 0 Å². The van der Waals surface area contributed by atoms with Crippen LogP contribution in [0.3, 0.4) is 0 Å². The summed E-state index contributed by atoms with van der Waals surface area (Å²) in [5, 5.41) is 12.5. The van der Waals surface area contributed by atoms with Crippen molar-refractivity contribution in [3.05, 3.63) is 62.3 Å². The molecule has 1 aromatic carbocycles. The molecular formula is C15H16N2O3S. The van der Waals surface area contributed by atoms with Gasteiger partial charge in [0, 0.05) is 31.6 Å². The van der Waals surface area contributed by atoms with Crippen molar-refractivity contribution in [2.24, 2.45) is 0 Å². The molecule has 5 nitrogen and oxygen atoms in total. The Hall–Kier alpha value is -2.05. The number of nitro benzene ring substituents is 1. The van der Waals surface area contributed by atoms with Gasteiger partial charge in [-0.05, 0) is 24.1 Å². The van der Waals surface area contributed by atoms with Gasteiger partial charge in [-0.2, -0.15) is 0 Å². The Bertz CT molecular complexity index is 608. The van der Waals surface area contributed by atoms with Crippen molar-refractivity contribution in [2.45, 2.75) is 13.0 Å². The van der Waals surface area contributed by atoms with Crippen LogP contribution in [-0.2, 0) is 6.54 Å². The van der Waals surface area contributed by atoms with Gasteiger partial charge in [0.25, 0.3) is 5.69 Å². The maximum Gasteiger partial charge on any atom is 0.269 e. The number of benzene rings is 1. The average Bonchev–Trinajstić information content (AvgIpc) is 2.99. The summed E-state index contributed by atoms with van der Waals surface area (Å²) in [5.74, 6) is 0.153. The monoisotopic (exact) mass is 304 g/mol. The third-order valence-electron chi connectivity index (χ3n) is 3.12. The lowest BCUT2D eigenvalue weighted by Gasteiger charge is -2.15. The number of carbonyl (C=O) groups is 1. The SMILES string of the molecule is CN(CCC(=O)c1cccs1)Cc1ccc([N+](=O)[O-])cc1. The first-order chi connectivity index (χ1) is 10.1. The number of non-ortho nitro benzene ring substituents is 1. The molecule has 21 heavy (non-hydrogen) atoms. The average molecular weight is 304 g/mol. The zero-order valence-electron chi connectivity index (χ0n) is 11.7. The van der Waals surface area contributed by atoms with Crippen LogP contribution in [0.15, 0.2) is 41.8 Å². The van der Waals surface area contributed by atoms with Gasteiger partial charge in [0.1, 0.15) is 0 Å². The number of nitro groups is 1. The molecule has 0 bridgehead atoms. The molecule has 0 radical (unpaired) electrons. The van der Waals surface area contributed by atoms with E-state index in [0.717, 1.165) is 10.4 Å². The van der Waals surface area contributed by atoms with E-state index in [-0.39, 0.29) is 11.5 Å². The third kappa shape index (κ3) is 4.47. The predicted octanol–water partition coefficient (Wildman–Crippen LogP) is 3.36. The van der Waals surface area contributed by atoms with E-state index in [1.807, 2.05) is 29.5 Å². The number of hydrogen-bond acceptors (Lipinski definition) is 5. The molecule has 2 aromatic rings. The number of nitrogens with zero attached hydrogens (tertiary/aromatic N) is 2. The van der Waals surface area contributed by atoms with E-state index in [0.29, 0.717) is 19.5 Å². The first-order valence-corrected chi connectivity index (χ1v) is 7.43. The van der Waals surface area contributed by atoms with Crippen molar-refractivity contribution >= 4 is 22.8 Å². The maximum absolute atomic E-state index is 11.9. The Balaban J connectivity index is 1.82. The molecule has 1 aromatic heterocycles. The van der Waals surface area contributed by atoms with E-state index in [2.05, 4.69) is 0 Å². The van der Waals surface area contributed by atoms with Crippen molar-refractivity contribution < 1.29 is 9.72 Å². The Morgan fingerprint density at radius 1 is 1.29 bits per heavy atom. The van der Waals surface area contributed by atoms with Crippen LogP contribution < -0.4 is 0 Å². The summed E-state index contributed by atoms with van der Waals surface area (Å²) in [6, 6.07) is 10.2. The highest BCUT2D eigenvalue weighted by atomic mass is 32.1. The van der Waals surface area contributed by atoms with Crippen molar-refractivity contribution in [1.82, 2.24) is 4.90 Å². The minimum absolute atomic E-state index is 0.0919. The lowest BCUT2D eigenvalue weighted by atomic mass is 10.2. The van der Waals surface area contributed by atoms with Gasteiger partial charge < -0.3 is 4.90 Å². The van der Waals surface area contributed by atoms with E-state index >= 15 is 0 Å². The van der Waals surface area contributed by atoms with E-state index in [4.69, 9.17) is 0 Å². The number of Topliss-reactive ketones (excluding diaryl/α,β-unsaturated/α-hetero) is 1. The second-order valence-electron chi connectivity index (χ2n) is 4.81. The molecule has 0 aliphatic carbocycles. The molecule has 0 saturated carbocycles. The summed E-state index contributed by atoms with van der Waals surface area (Å²) >= 11 is 1.46. The molecule has 0 amide bonds. The quantitative estimate of drug-likeness (QED) is 0.447. The predicted molar refractivity (Wildman–Crippen MR) is 82.7 cm³/mol. The zero-order chi connectivity index (χ0) is 15.2. The summed E-state index contributed by atoms with van der Waals surface area (Å²) in [5.41, 5.74) is 1.08. The highest BCUT2D eigenvalue weighted by Gasteiger charge is 2.09. The minimum Gasteiger partial charge on any atom is -0.302 e. The lowest BCUT2D eigenvalue weighted by Crippen LogP contribution is -2.21. The molecule has 0 aliphatic heterocycles. The molecule has 0 atom stereocenters. The highest BCUT2D eigenvalue weighted by molar-refractivity contribution is 7.12. The van der Waals surface area contributed by atoms with Gasteiger partial charge in [-0.3, -0.25) is 14.9 Å². The van der Waals surface area contributed by atoms with E-state index < -0.39 is 4.92 Å². The van der Waals surface area contributed by atoms with Gasteiger partial charge >= 0.3 is 0 Å². The first kappa shape index (κ1) is 15.3. The Kier molecular flexibility index (Phi) is 5.19. The summed E-state index contributed by atoms with van der Waals surface area (Å²) in [6.07, 6.45) is 0.476. The topological polar surface area (TPSA) is 63.5 Å². The van der Waals surface area contributed by atoms with Crippen LogP contribution in [0.5, 0.6) is 0 Å². The molecule has 0 aliphatic rings. The number of carbonyl (C=O) groups excluding carboxylic acids is 1. The van der Waals surface area contributed by atoms with Crippen LogP contribution in [0.2, 0.25) is 0 Å². The van der Waals surface area contributed by atoms with Gasteiger partial charge in [-0.15, -0.1) is 11.3 Å². The highest BCUT2D eigenvalue weighted by Crippen LogP contribution is 2.14. The van der Waals surface area contributed by atoms with Crippen molar-refractivity contribution in [1.29, 1.82) is 0 Å². The minimum atomic E-state index is -0.410. The molecule has 0 fully saturated rings. The smallest absolute Gasteiger partial charge is 0.269 e. The molecule has 0 saturated heterocycles. The van der Waals surface area contributed by atoms with Crippen molar-refractivity contribution in [3.63, 3.8) is 0 Å². The Morgan fingerprint density at radius 2 is 2.00 bits per heavy atom. The molecule has 6 heteroatoms. The molecular weight excluding hydrogens is 288 g/mol. The van der Waals surface area contributed by atoms with Gasteiger partial charge in [-0.25, -0.2) is 0 Å². The van der Waals surface area contributed by atoms with Crippen LogP contribution in [-0.4, -0.2) is 29.2 Å². The van der Waals surface area contributed by atoms with Crippen LogP contribution in [0.25, 0.3) is 0 Å².